The molecule has 18 heavy (non-hydrogen) atoms. The number of aliphatic imine (C=N–C) groups is 1. The van der Waals surface area contributed by atoms with Gasteiger partial charge in [-0.3, -0.25) is 4.90 Å². The molecular formula is C14H25FN2O. The van der Waals surface area contributed by atoms with E-state index in [1.165, 1.54) is 12.8 Å². The van der Waals surface area contributed by atoms with Gasteiger partial charge in [0.25, 0.3) is 0 Å². The fourth-order valence-electron chi connectivity index (χ4n) is 3.49. The summed E-state index contributed by atoms with van der Waals surface area (Å²) in [6.07, 6.45) is 8.17. The number of alkyl halides is 1. The van der Waals surface area contributed by atoms with E-state index in [2.05, 4.69) is 9.89 Å². The van der Waals surface area contributed by atoms with E-state index in [1.54, 1.807) is 0 Å². The molecule has 1 aliphatic carbocycles. The second-order valence-corrected chi connectivity index (χ2v) is 5.81. The first-order valence-electron chi connectivity index (χ1n) is 7.15. The van der Waals surface area contributed by atoms with Crippen LogP contribution in [0.15, 0.2) is 4.99 Å². The molecule has 0 aromatic carbocycles. The number of rotatable bonds is 3. The number of likely N-dealkylation sites (tertiary alicyclic amines) is 1. The number of aliphatic hydroxyl groups is 1. The van der Waals surface area contributed by atoms with Gasteiger partial charge in [-0.1, -0.05) is 12.8 Å². The molecule has 1 saturated heterocycles. The number of halogens is 1. The molecule has 2 fully saturated rings. The number of piperidine rings is 1. The molecule has 2 aliphatic rings. The highest BCUT2D eigenvalue weighted by Crippen LogP contribution is 2.33. The zero-order valence-corrected chi connectivity index (χ0v) is 11.3. The minimum Gasteiger partial charge on any atom is -0.393 e. The second-order valence-electron chi connectivity index (χ2n) is 5.81. The van der Waals surface area contributed by atoms with Gasteiger partial charge in [-0.2, -0.15) is 0 Å². The fourth-order valence-corrected chi connectivity index (χ4v) is 3.49. The van der Waals surface area contributed by atoms with Crippen LogP contribution in [0.25, 0.3) is 0 Å². The third kappa shape index (κ3) is 3.09. The highest BCUT2D eigenvalue weighted by Gasteiger charge is 2.39. The van der Waals surface area contributed by atoms with Gasteiger partial charge in [0.15, 0.2) is 0 Å². The van der Waals surface area contributed by atoms with Crippen molar-refractivity contribution in [1.29, 1.82) is 0 Å². The van der Waals surface area contributed by atoms with E-state index in [-0.39, 0.29) is 6.61 Å². The second kappa shape index (κ2) is 6.11. The van der Waals surface area contributed by atoms with Crippen molar-refractivity contribution in [2.24, 2.45) is 10.9 Å². The summed E-state index contributed by atoms with van der Waals surface area (Å²) in [5.74, 6) is 0.463. The van der Waals surface area contributed by atoms with Crippen LogP contribution in [0.5, 0.6) is 0 Å². The molecule has 0 amide bonds. The van der Waals surface area contributed by atoms with E-state index >= 15 is 0 Å². The smallest absolute Gasteiger partial charge is 0.146 e. The van der Waals surface area contributed by atoms with Gasteiger partial charge in [0, 0.05) is 31.8 Å². The van der Waals surface area contributed by atoms with Gasteiger partial charge in [0.1, 0.15) is 5.67 Å². The van der Waals surface area contributed by atoms with E-state index in [4.69, 9.17) is 0 Å². The molecule has 3 nitrogen and oxygen atoms in total. The van der Waals surface area contributed by atoms with E-state index in [0.29, 0.717) is 24.9 Å². The summed E-state index contributed by atoms with van der Waals surface area (Å²) in [6, 6.07) is 0.421. The highest BCUT2D eigenvalue weighted by atomic mass is 19.1. The van der Waals surface area contributed by atoms with Crippen LogP contribution in [0.2, 0.25) is 0 Å². The normalized spacial score (nSPS) is 39.3. The van der Waals surface area contributed by atoms with Gasteiger partial charge in [-0.05, 0) is 32.2 Å². The van der Waals surface area contributed by atoms with Crippen LogP contribution < -0.4 is 0 Å². The average molecular weight is 256 g/mol. The van der Waals surface area contributed by atoms with Crippen molar-refractivity contribution in [3.05, 3.63) is 0 Å². The molecule has 1 saturated carbocycles. The van der Waals surface area contributed by atoms with Crippen molar-refractivity contribution in [3.8, 4) is 0 Å². The molecule has 104 valence electrons. The lowest BCUT2D eigenvalue weighted by atomic mass is 9.82. The van der Waals surface area contributed by atoms with Gasteiger partial charge < -0.3 is 10.1 Å². The largest absolute Gasteiger partial charge is 0.393 e. The molecule has 0 aromatic rings. The van der Waals surface area contributed by atoms with E-state index in [9.17, 15) is 9.50 Å². The maximum atomic E-state index is 14.3. The Hall–Kier alpha value is -0.480. The monoisotopic (exact) mass is 256 g/mol. The first kappa shape index (κ1) is 13.9. The SMILES string of the molecule is CN=CC1CCCC[C@@H]1N1CCC[C@@](F)(CO)C1. The Morgan fingerprint density at radius 2 is 2.17 bits per heavy atom. The molecule has 0 bridgehead atoms. The molecule has 0 radical (unpaired) electrons. The number of hydrogen-bond donors (Lipinski definition) is 1. The Morgan fingerprint density at radius 3 is 2.89 bits per heavy atom. The van der Waals surface area contributed by atoms with E-state index in [0.717, 1.165) is 25.8 Å². The summed E-state index contributed by atoms with van der Waals surface area (Å²) in [7, 11) is 1.81. The molecule has 1 unspecified atom stereocenters. The Balaban J connectivity index is 2.04. The summed E-state index contributed by atoms with van der Waals surface area (Å²) in [4.78, 5) is 6.42. The Kier molecular flexibility index (Phi) is 4.73. The van der Waals surface area contributed by atoms with Crippen LogP contribution in [-0.2, 0) is 0 Å². The molecule has 1 N–H and O–H groups in total. The van der Waals surface area contributed by atoms with E-state index < -0.39 is 5.67 Å². The minimum absolute atomic E-state index is 0.344. The Labute approximate surface area is 109 Å². The molecule has 1 heterocycles. The van der Waals surface area contributed by atoms with Crippen LogP contribution in [0.3, 0.4) is 0 Å². The van der Waals surface area contributed by atoms with Crippen LogP contribution >= 0.6 is 0 Å². The lowest BCUT2D eigenvalue weighted by molar-refractivity contribution is -0.0263. The molecule has 2 rings (SSSR count). The van der Waals surface area contributed by atoms with Gasteiger partial charge >= 0.3 is 0 Å². The van der Waals surface area contributed by atoms with Crippen molar-refractivity contribution >= 4 is 6.21 Å². The maximum absolute atomic E-state index is 14.3. The third-order valence-electron chi connectivity index (χ3n) is 4.43. The van der Waals surface area contributed by atoms with Gasteiger partial charge in [0.2, 0.25) is 0 Å². The lowest BCUT2D eigenvalue weighted by Gasteiger charge is -2.44. The minimum atomic E-state index is -1.39. The zero-order valence-electron chi connectivity index (χ0n) is 11.3. The zero-order chi connectivity index (χ0) is 13.0. The van der Waals surface area contributed by atoms with Crippen LogP contribution in [-0.4, -0.2) is 54.7 Å². The Morgan fingerprint density at radius 1 is 1.39 bits per heavy atom. The lowest BCUT2D eigenvalue weighted by Crippen LogP contribution is -2.54. The summed E-state index contributed by atoms with van der Waals surface area (Å²) in [5.41, 5.74) is -1.39. The molecular weight excluding hydrogens is 231 g/mol. The number of nitrogens with zero attached hydrogens (tertiary/aromatic N) is 2. The van der Waals surface area contributed by atoms with Crippen molar-refractivity contribution in [2.45, 2.75) is 50.2 Å². The fraction of sp³-hybridized carbons (Fsp3) is 0.929. The maximum Gasteiger partial charge on any atom is 0.146 e. The molecule has 1 aliphatic heterocycles. The summed E-state index contributed by atoms with van der Waals surface area (Å²) >= 11 is 0. The van der Waals surface area contributed by atoms with Crippen molar-refractivity contribution in [2.75, 3.05) is 26.7 Å². The highest BCUT2D eigenvalue weighted by molar-refractivity contribution is 5.61. The van der Waals surface area contributed by atoms with Gasteiger partial charge in [-0.25, -0.2) is 4.39 Å². The molecule has 4 heteroatoms. The Bertz CT molecular complexity index is 298. The topological polar surface area (TPSA) is 35.8 Å². The van der Waals surface area contributed by atoms with Crippen LogP contribution in [0, 0.1) is 5.92 Å². The van der Waals surface area contributed by atoms with Crippen molar-refractivity contribution < 1.29 is 9.50 Å². The van der Waals surface area contributed by atoms with E-state index in [1.807, 2.05) is 13.3 Å². The van der Waals surface area contributed by atoms with Crippen molar-refractivity contribution in [3.63, 3.8) is 0 Å². The van der Waals surface area contributed by atoms with Crippen LogP contribution in [0.1, 0.15) is 38.5 Å². The first-order valence-corrected chi connectivity index (χ1v) is 7.15. The number of hydrogen-bond acceptors (Lipinski definition) is 3. The van der Waals surface area contributed by atoms with Crippen molar-refractivity contribution in [1.82, 2.24) is 4.90 Å². The summed E-state index contributed by atoms with van der Waals surface area (Å²) in [6.45, 7) is 1.01. The predicted molar refractivity (Wildman–Crippen MR) is 71.9 cm³/mol. The first-order chi connectivity index (χ1) is 8.68. The number of aliphatic hydroxyl groups excluding tert-OH is 1. The predicted octanol–water partition coefficient (Wildman–Crippen LogP) is 2.04. The van der Waals surface area contributed by atoms with Gasteiger partial charge in [-0.15, -0.1) is 0 Å². The van der Waals surface area contributed by atoms with Gasteiger partial charge in [0.05, 0.1) is 6.61 Å². The standard InChI is InChI=1S/C14H25FN2O/c1-16-9-12-5-2-3-6-13(12)17-8-4-7-14(15,10-17)11-18/h9,12-13,18H,2-8,10-11H2,1H3/t12?,13-,14-/m0/s1. The summed E-state index contributed by atoms with van der Waals surface area (Å²) < 4.78 is 14.3. The quantitative estimate of drug-likeness (QED) is 0.784. The molecule has 3 atom stereocenters. The third-order valence-corrected chi connectivity index (χ3v) is 4.43. The summed E-state index contributed by atoms with van der Waals surface area (Å²) in [5, 5.41) is 9.21. The average Bonchev–Trinajstić information content (AvgIpc) is 2.40. The molecule has 0 spiro atoms. The molecule has 0 aromatic heterocycles. The van der Waals surface area contributed by atoms with Crippen LogP contribution in [0.4, 0.5) is 4.39 Å².